The maximum absolute atomic E-state index is 12.9. The highest BCUT2D eigenvalue weighted by atomic mass is 35.5. The van der Waals surface area contributed by atoms with Crippen LogP contribution in [-0.2, 0) is 13.1 Å². The van der Waals surface area contributed by atoms with Gasteiger partial charge in [0.1, 0.15) is 4.88 Å². The van der Waals surface area contributed by atoms with E-state index in [0.29, 0.717) is 46.1 Å². The molecule has 0 atom stereocenters. The number of carbonyl (C=O) groups excluding carboxylic acids is 2. The summed E-state index contributed by atoms with van der Waals surface area (Å²) < 4.78 is 0. The monoisotopic (exact) mass is 456 g/mol. The first kappa shape index (κ1) is 21.2. The quantitative estimate of drug-likeness (QED) is 0.612. The van der Waals surface area contributed by atoms with Gasteiger partial charge in [0, 0.05) is 30.9 Å². The molecule has 10 heteroatoms. The van der Waals surface area contributed by atoms with E-state index < -0.39 is 0 Å². The molecule has 1 fully saturated rings. The van der Waals surface area contributed by atoms with Crippen LogP contribution >= 0.6 is 22.9 Å². The van der Waals surface area contributed by atoms with Gasteiger partial charge in [-0.1, -0.05) is 35.1 Å². The Hall–Kier alpha value is -3.04. The number of carbonyl (C=O) groups is 2. The fourth-order valence-electron chi connectivity index (χ4n) is 3.23. The van der Waals surface area contributed by atoms with Crippen LogP contribution in [0, 0.1) is 13.8 Å². The summed E-state index contributed by atoms with van der Waals surface area (Å²) in [7, 11) is 0. The molecule has 3 amide bonds. The number of hydrogen-bond acceptors (Lipinski definition) is 6. The molecule has 0 spiro atoms. The lowest BCUT2D eigenvalue weighted by Crippen LogP contribution is -2.31. The summed E-state index contributed by atoms with van der Waals surface area (Å²) in [5.74, 6) is -0.244. The molecule has 3 aromatic rings. The predicted octanol–water partition coefficient (Wildman–Crippen LogP) is 3.58. The molecule has 3 heterocycles. The van der Waals surface area contributed by atoms with E-state index in [1.54, 1.807) is 35.2 Å². The maximum Gasteiger partial charge on any atom is 0.326 e. The van der Waals surface area contributed by atoms with E-state index in [0.717, 1.165) is 11.3 Å². The topological polar surface area (TPSA) is 91.3 Å². The third-order valence-electron chi connectivity index (χ3n) is 4.84. The van der Waals surface area contributed by atoms with Gasteiger partial charge in [-0.15, -0.1) is 0 Å². The Bertz CT molecular complexity index is 1120. The molecule has 2 aromatic heterocycles. The Morgan fingerprint density at radius 3 is 2.81 bits per heavy atom. The summed E-state index contributed by atoms with van der Waals surface area (Å²) in [5.41, 5.74) is 3.05. The minimum atomic E-state index is -0.244. The molecule has 1 aliphatic heterocycles. The number of benzene rings is 1. The van der Waals surface area contributed by atoms with Gasteiger partial charge in [0.2, 0.25) is 0 Å². The molecular weight excluding hydrogens is 436 g/mol. The Balaban J connectivity index is 1.41. The number of urea groups is 1. The van der Waals surface area contributed by atoms with Gasteiger partial charge in [-0.05, 0) is 31.5 Å². The second-order valence-corrected chi connectivity index (χ2v) is 8.64. The van der Waals surface area contributed by atoms with Crippen molar-refractivity contribution in [3.63, 3.8) is 0 Å². The number of halogens is 1. The van der Waals surface area contributed by atoms with Crippen LogP contribution < -0.4 is 10.2 Å². The van der Waals surface area contributed by atoms with Crippen molar-refractivity contribution >= 4 is 40.0 Å². The lowest BCUT2D eigenvalue weighted by molar-refractivity contribution is 0.0953. The van der Waals surface area contributed by atoms with Crippen molar-refractivity contribution in [3.8, 4) is 0 Å². The number of rotatable bonds is 6. The number of anilines is 1. The van der Waals surface area contributed by atoms with Crippen LogP contribution in [0.25, 0.3) is 0 Å². The van der Waals surface area contributed by atoms with Crippen LogP contribution in [0.4, 0.5) is 9.93 Å². The summed E-state index contributed by atoms with van der Waals surface area (Å²) in [6, 6.07) is 7.34. The highest BCUT2D eigenvalue weighted by Gasteiger charge is 2.32. The van der Waals surface area contributed by atoms with Crippen molar-refractivity contribution in [1.29, 1.82) is 0 Å². The van der Waals surface area contributed by atoms with Gasteiger partial charge in [0.25, 0.3) is 5.91 Å². The van der Waals surface area contributed by atoms with E-state index in [1.165, 1.54) is 11.3 Å². The van der Waals surface area contributed by atoms with Crippen molar-refractivity contribution < 1.29 is 9.59 Å². The Morgan fingerprint density at radius 2 is 2.06 bits per heavy atom. The third-order valence-corrected chi connectivity index (χ3v) is 6.26. The number of thiazole rings is 1. The lowest BCUT2D eigenvalue weighted by Gasteiger charge is -2.17. The van der Waals surface area contributed by atoms with Crippen LogP contribution in [0.3, 0.4) is 0 Å². The Labute approximate surface area is 188 Å². The van der Waals surface area contributed by atoms with Crippen molar-refractivity contribution in [2.45, 2.75) is 26.9 Å². The van der Waals surface area contributed by atoms with Crippen LogP contribution in [0.1, 0.15) is 32.3 Å². The zero-order valence-corrected chi connectivity index (χ0v) is 18.7. The van der Waals surface area contributed by atoms with E-state index >= 15 is 0 Å². The summed E-state index contributed by atoms with van der Waals surface area (Å²) in [5, 5.41) is 4.01. The average molecular weight is 457 g/mol. The number of nitrogens with one attached hydrogen (secondary N) is 1. The summed E-state index contributed by atoms with van der Waals surface area (Å²) in [4.78, 5) is 42.3. The molecular formula is C21H21ClN6O2S. The lowest BCUT2D eigenvalue weighted by atomic mass is 10.2. The van der Waals surface area contributed by atoms with Crippen LogP contribution in [0.2, 0.25) is 5.02 Å². The van der Waals surface area contributed by atoms with Gasteiger partial charge >= 0.3 is 6.03 Å². The fourth-order valence-corrected chi connectivity index (χ4v) is 4.45. The Morgan fingerprint density at radius 1 is 1.23 bits per heavy atom. The molecule has 160 valence electrons. The first-order valence-corrected chi connectivity index (χ1v) is 10.9. The third kappa shape index (κ3) is 4.83. The highest BCUT2D eigenvalue weighted by Crippen LogP contribution is 2.29. The smallest absolute Gasteiger partial charge is 0.326 e. The number of aryl methyl sites for hydroxylation is 2. The van der Waals surface area contributed by atoms with E-state index in [9.17, 15) is 9.59 Å². The van der Waals surface area contributed by atoms with E-state index in [2.05, 4.69) is 20.3 Å². The van der Waals surface area contributed by atoms with Gasteiger partial charge in [-0.25, -0.2) is 9.78 Å². The molecule has 31 heavy (non-hydrogen) atoms. The van der Waals surface area contributed by atoms with Crippen LogP contribution in [0.5, 0.6) is 0 Å². The molecule has 0 bridgehead atoms. The second kappa shape index (κ2) is 8.99. The van der Waals surface area contributed by atoms with Gasteiger partial charge in [-0.3, -0.25) is 19.7 Å². The van der Waals surface area contributed by atoms with Gasteiger partial charge in [0.15, 0.2) is 5.13 Å². The summed E-state index contributed by atoms with van der Waals surface area (Å²) in [6.45, 7) is 5.47. The van der Waals surface area contributed by atoms with Gasteiger partial charge < -0.3 is 10.2 Å². The second-order valence-electron chi connectivity index (χ2n) is 7.23. The zero-order chi connectivity index (χ0) is 22.0. The number of amides is 3. The molecule has 1 N–H and O–H groups in total. The molecule has 1 saturated heterocycles. The average Bonchev–Trinajstić information content (AvgIpc) is 3.30. The van der Waals surface area contributed by atoms with Crippen molar-refractivity contribution in [3.05, 3.63) is 69.2 Å². The molecule has 0 unspecified atom stereocenters. The van der Waals surface area contributed by atoms with E-state index in [1.807, 2.05) is 25.1 Å². The van der Waals surface area contributed by atoms with Gasteiger partial charge in [0.05, 0.1) is 29.8 Å². The minimum absolute atomic E-state index is 0.129. The summed E-state index contributed by atoms with van der Waals surface area (Å²) >= 11 is 7.26. The maximum atomic E-state index is 12.9. The van der Waals surface area contributed by atoms with Crippen molar-refractivity contribution in [1.82, 2.24) is 25.2 Å². The largest absolute Gasteiger partial charge is 0.346 e. The molecule has 0 saturated carbocycles. The SMILES string of the molecule is Cc1cnc(CNC(=O)c2sc(N3CCN(Cc4cccc(Cl)c4)C3=O)nc2C)cn1. The van der Waals surface area contributed by atoms with E-state index in [4.69, 9.17) is 11.6 Å². The minimum Gasteiger partial charge on any atom is -0.346 e. The first-order valence-electron chi connectivity index (χ1n) is 9.75. The summed E-state index contributed by atoms with van der Waals surface area (Å²) in [6.07, 6.45) is 3.30. The molecule has 0 radical (unpaired) electrons. The number of hydrogen-bond donors (Lipinski definition) is 1. The fraction of sp³-hybridized carbons (Fsp3) is 0.286. The first-order chi connectivity index (χ1) is 14.9. The van der Waals surface area contributed by atoms with Crippen molar-refractivity contribution in [2.24, 2.45) is 0 Å². The highest BCUT2D eigenvalue weighted by molar-refractivity contribution is 7.17. The molecule has 8 nitrogen and oxygen atoms in total. The number of nitrogens with zero attached hydrogens (tertiary/aromatic N) is 5. The Kier molecular flexibility index (Phi) is 6.15. The van der Waals surface area contributed by atoms with Crippen LogP contribution in [0.15, 0.2) is 36.7 Å². The van der Waals surface area contributed by atoms with Gasteiger partial charge in [-0.2, -0.15) is 0 Å². The standard InChI is InChI=1S/C21H21ClN6O2S/c1-13-9-24-17(10-23-13)11-25-19(29)18-14(2)26-20(31-18)28-7-6-27(21(28)30)12-15-4-3-5-16(22)8-15/h3-5,8-10H,6-7,11-12H2,1-2H3,(H,25,29). The van der Waals surface area contributed by atoms with E-state index in [-0.39, 0.29) is 18.5 Å². The molecule has 0 aliphatic carbocycles. The molecule has 1 aliphatic rings. The normalized spacial score (nSPS) is 13.7. The molecule has 1 aromatic carbocycles. The van der Waals surface area contributed by atoms with Crippen molar-refractivity contribution in [2.75, 3.05) is 18.0 Å². The zero-order valence-electron chi connectivity index (χ0n) is 17.1. The van der Waals surface area contributed by atoms with Crippen LogP contribution in [-0.4, -0.2) is 44.9 Å². The molecule has 4 rings (SSSR count). The predicted molar refractivity (Wildman–Crippen MR) is 119 cm³/mol. The number of aromatic nitrogens is 3.